The molecule has 0 unspecified atom stereocenters. The van der Waals surface area contributed by atoms with E-state index >= 15 is 0 Å². The van der Waals surface area contributed by atoms with Gasteiger partial charge in [-0.2, -0.15) is 9.57 Å². The van der Waals surface area contributed by atoms with Crippen molar-refractivity contribution in [2.75, 3.05) is 6.54 Å². The van der Waals surface area contributed by atoms with E-state index in [1.807, 2.05) is 6.07 Å². The van der Waals surface area contributed by atoms with E-state index in [1.165, 1.54) is 29.4 Å². The number of hydrogen-bond acceptors (Lipinski definition) is 5. The van der Waals surface area contributed by atoms with Crippen LogP contribution in [0.15, 0.2) is 23.1 Å². The SMILES string of the molecule is Cc1c([N+](=O)[O-])cccc1S(=O)(=O)N(CCC#N)C(C)C. The van der Waals surface area contributed by atoms with E-state index in [0.717, 1.165) is 0 Å². The first-order valence-corrected chi connectivity index (χ1v) is 7.80. The molecule has 0 aliphatic heterocycles. The molecule has 0 fully saturated rings. The summed E-state index contributed by atoms with van der Waals surface area (Å²) in [5, 5.41) is 19.6. The van der Waals surface area contributed by atoms with E-state index in [2.05, 4.69) is 0 Å². The lowest BCUT2D eigenvalue weighted by molar-refractivity contribution is -0.385. The largest absolute Gasteiger partial charge is 0.273 e. The van der Waals surface area contributed by atoms with Gasteiger partial charge in [0.15, 0.2) is 0 Å². The van der Waals surface area contributed by atoms with Crippen LogP contribution in [0.3, 0.4) is 0 Å². The van der Waals surface area contributed by atoms with Gasteiger partial charge in [0.1, 0.15) is 0 Å². The minimum atomic E-state index is -3.88. The van der Waals surface area contributed by atoms with Crippen LogP contribution in [0.4, 0.5) is 5.69 Å². The Kier molecular flexibility index (Phi) is 5.41. The quantitative estimate of drug-likeness (QED) is 0.591. The summed E-state index contributed by atoms with van der Waals surface area (Å²) in [5.41, 5.74) is -0.134. The summed E-state index contributed by atoms with van der Waals surface area (Å²) in [5.74, 6) is 0. The molecular formula is C13H17N3O4S. The topological polar surface area (TPSA) is 104 Å². The molecule has 0 spiro atoms. The van der Waals surface area contributed by atoms with Gasteiger partial charge in [-0.1, -0.05) is 6.07 Å². The zero-order valence-electron chi connectivity index (χ0n) is 12.1. The van der Waals surface area contributed by atoms with Crippen molar-refractivity contribution in [3.63, 3.8) is 0 Å². The van der Waals surface area contributed by atoms with E-state index in [-0.39, 0.29) is 35.2 Å². The average molecular weight is 311 g/mol. The second-order valence-electron chi connectivity index (χ2n) is 4.78. The lowest BCUT2D eigenvalue weighted by Gasteiger charge is -2.25. The van der Waals surface area contributed by atoms with Crippen molar-refractivity contribution in [1.82, 2.24) is 4.31 Å². The minimum absolute atomic E-state index is 0.0542. The van der Waals surface area contributed by atoms with Crippen LogP contribution in [0, 0.1) is 28.4 Å². The van der Waals surface area contributed by atoms with E-state index in [0.29, 0.717) is 0 Å². The molecule has 0 N–H and O–H groups in total. The second-order valence-corrected chi connectivity index (χ2v) is 6.63. The molecule has 21 heavy (non-hydrogen) atoms. The third-order valence-electron chi connectivity index (χ3n) is 3.06. The Morgan fingerprint density at radius 2 is 2.05 bits per heavy atom. The van der Waals surface area contributed by atoms with Gasteiger partial charge in [-0.3, -0.25) is 10.1 Å². The molecule has 0 aliphatic rings. The molecule has 7 nitrogen and oxygen atoms in total. The number of nitro groups is 1. The van der Waals surface area contributed by atoms with Gasteiger partial charge in [0.25, 0.3) is 5.69 Å². The summed E-state index contributed by atoms with van der Waals surface area (Å²) in [4.78, 5) is 10.2. The van der Waals surface area contributed by atoms with E-state index < -0.39 is 14.9 Å². The van der Waals surface area contributed by atoms with Crippen LogP contribution in [-0.2, 0) is 10.0 Å². The van der Waals surface area contributed by atoms with Crippen molar-refractivity contribution in [2.24, 2.45) is 0 Å². The molecule has 0 amide bonds. The number of hydrogen-bond donors (Lipinski definition) is 0. The monoisotopic (exact) mass is 311 g/mol. The Bertz CT molecular complexity index is 677. The molecule has 1 aromatic rings. The van der Waals surface area contributed by atoms with Crippen LogP contribution in [0.5, 0.6) is 0 Å². The molecule has 0 heterocycles. The zero-order valence-corrected chi connectivity index (χ0v) is 12.9. The molecule has 0 saturated heterocycles. The van der Waals surface area contributed by atoms with Crippen molar-refractivity contribution in [1.29, 1.82) is 5.26 Å². The maximum Gasteiger partial charge on any atom is 0.273 e. The zero-order chi connectivity index (χ0) is 16.2. The summed E-state index contributed by atoms with van der Waals surface area (Å²) in [6.07, 6.45) is 0.0609. The number of nitro benzene ring substituents is 1. The van der Waals surface area contributed by atoms with Crippen LogP contribution < -0.4 is 0 Å². The van der Waals surface area contributed by atoms with Crippen LogP contribution >= 0.6 is 0 Å². The molecule has 0 bridgehead atoms. The molecule has 1 rings (SSSR count). The highest BCUT2D eigenvalue weighted by molar-refractivity contribution is 7.89. The standard InChI is InChI=1S/C13H17N3O4S/c1-10(2)15(9-5-8-14)21(19,20)13-7-4-6-12(11(13)3)16(17)18/h4,6-7,10H,5,9H2,1-3H3. The highest BCUT2D eigenvalue weighted by atomic mass is 32.2. The molecule has 0 atom stereocenters. The van der Waals surface area contributed by atoms with Crippen LogP contribution in [-0.4, -0.2) is 30.2 Å². The molecule has 0 aromatic heterocycles. The van der Waals surface area contributed by atoms with Gasteiger partial charge < -0.3 is 0 Å². The summed E-state index contributed by atoms with van der Waals surface area (Å²) in [7, 11) is -3.88. The Morgan fingerprint density at radius 1 is 1.43 bits per heavy atom. The predicted octanol–water partition coefficient (Wildman–Crippen LogP) is 2.22. The van der Waals surface area contributed by atoms with Gasteiger partial charge in [0, 0.05) is 30.6 Å². The van der Waals surface area contributed by atoms with Crippen molar-refractivity contribution in [3.8, 4) is 6.07 Å². The molecule has 8 heteroatoms. The number of sulfonamides is 1. The van der Waals surface area contributed by atoms with Gasteiger partial charge in [0.05, 0.1) is 15.9 Å². The summed E-state index contributed by atoms with van der Waals surface area (Å²) >= 11 is 0. The van der Waals surface area contributed by atoms with E-state index in [4.69, 9.17) is 5.26 Å². The molecular weight excluding hydrogens is 294 g/mol. The average Bonchev–Trinajstić information content (AvgIpc) is 2.38. The number of nitrogens with zero attached hydrogens (tertiary/aromatic N) is 3. The Balaban J connectivity index is 3.39. The Hall–Kier alpha value is -1.98. The smallest absolute Gasteiger partial charge is 0.258 e. The fourth-order valence-electron chi connectivity index (χ4n) is 2.02. The van der Waals surface area contributed by atoms with E-state index in [9.17, 15) is 18.5 Å². The van der Waals surface area contributed by atoms with Gasteiger partial charge in [-0.15, -0.1) is 0 Å². The fourth-order valence-corrected chi connectivity index (χ4v) is 3.90. The highest BCUT2D eigenvalue weighted by Gasteiger charge is 2.30. The third kappa shape index (κ3) is 3.56. The van der Waals surface area contributed by atoms with Crippen LogP contribution in [0.25, 0.3) is 0 Å². The van der Waals surface area contributed by atoms with Crippen molar-refractivity contribution < 1.29 is 13.3 Å². The first-order chi connectivity index (χ1) is 9.73. The van der Waals surface area contributed by atoms with Crippen molar-refractivity contribution in [2.45, 2.75) is 38.1 Å². The highest BCUT2D eigenvalue weighted by Crippen LogP contribution is 2.28. The van der Waals surface area contributed by atoms with E-state index in [1.54, 1.807) is 13.8 Å². The molecule has 0 radical (unpaired) electrons. The van der Waals surface area contributed by atoms with Crippen molar-refractivity contribution in [3.05, 3.63) is 33.9 Å². The summed E-state index contributed by atoms with van der Waals surface area (Å²) in [6, 6.07) is 5.52. The lowest BCUT2D eigenvalue weighted by atomic mass is 10.2. The summed E-state index contributed by atoms with van der Waals surface area (Å²) < 4.78 is 26.5. The third-order valence-corrected chi connectivity index (χ3v) is 5.28. The molecule has 0 aliphatic carbocycles. The Morgan fingerprint density at radius 3 is 2.52 bits per heavy atom. The Labute approximate surface area is 124 Å². The van der Waals surface area contributed by atoms with Gasteiger partial charge in [-0.05, 0) is 26.8 Å². The van der Waals surface area contributed by atoms with Crippen LogP contribution in [0.1, 0.15) is 25.8 Å². The minimum Gasteiger partial charge on any atom is -0.258 e. The molecule has 114 valence electrons. The van der Waals surface area contributed by atoms with Crippen molar-refractivity contribution >= 4 is 15.7 Å². The number of benzene rings is 1. The second kappa shape index (κ2) is 6.65. The number of rotatable bonds is 6. The normalized spacial score (nSPS) is 11.6. The predicted molar refractivity (Wildman–Crippen MR) is 77.1 cm³/mol. The lowest BCUT2D eigenvalue weighted by Crippen LogP contribution is -2.38. The maximum absolute atomic E-state index is 12.7. The van der Waals surface area contributed by atoms with Gasteiger partial charge >= 0.3 is 0 Å². The fraction of sp³-hybridized carbons (Fsp3) is 0.462. The summed E-state index contributed by atoms with van der Waals surface area (Å²) in [6.45, 7) is 4.86. The van der Waals surface area contributed by atoms with Gasteiger partial charge in [-0.25, -0.2) is 8.42 Å². The molecule has 0 saturated carbocycles. The number of nitriles is 1. The maximum atomic E-state index is 12.7. The first-order valence-electron chi connectivity index (χ1n) is 6.36. The molecule has 1 aromatic carbocycles. The van der Waals surface area contributed by atoms with Gasteiger partial charge in [0.2, 0.25) is 10.0 Å². The van der Waals surface area contributed by atoms with Crippen LogP contribution in [0.2, 0.25) is 0 Å². The first kappa shape index (κ1) is 17.1.